The van der Waals surface area contributed by atoms with Gasteiger partial charge in [0, 0.05) is 31.4 Å². The van der Waals surface area contributed by atoms with Gasteiger partial charge in [0.2, 0.25) is 0 Å². The summed E-state index contributed by atoms with van der Waals surface area (Å²) in [6.07, 6.45) is 2.02. The van der Waals surface area contributed by atoms with Gasteiger partial charge < -0.3 is 25.3 Å². The van der Waals surface area contributed by atoms with Crippen molar-refractivity contribution >= 4 is 11.4 Å². The summed E-state index contributed by atoms with van der Waals surface area (Å²) in [5.74, 6) is 1.50. The Balaban J connectivity index is 1.78. The first-order valence-corrected chi connectivity index (χ1v) is 6.36. The van der Waals surface area contributed by atoms with Crippen molar-refractivity contribution in [1.82, 2.24) is 0 Å². The van der Waals surface area contributed by atoms with Crippen molar-refractivity contribution in [2.75, 3.05) is 37.5 Å². The monoisotopic (exact) mass is 250 g/mol. The van der Waals surface area contributed by atoms with Crippen molar-refractivity contribution in [2.24, 2.45) is 0 Å². The van der Waals surface area contributed by atoms with Crippen molar-refractivity contribution in [3.05, 3.63) is 12.1 Å². The van der Waals surface area contributed by atoms with Crippen LogP contribution in [0.15, 0.2) is 12.1 Å². The number of fused-ring (bicyclic) bond motifs is 1. The highest BCUT2D eigenvalue weighted by Crippen LogP contribution is 2.37. The van der Waals surface area contributed by atoms with Crippen LogP contribution in [0, 0.1) is 0 Å². The molecule has 0 radical (unpaired) electrons. The fraction of sp³-hybridized carbons (Fsp3) is 0.538. The number of hydrogen-bond acceptors (Lipinski definition) is 5. The Morgan fingerprint density at radius 2 is 1.67 bits per heavy atom. The van der Waals surface area contributed by atoms with Crippen molar-refractivity contribution in [3.8, 4) is 11.5 Å². The lowest BCUT2D eigenvalue weighted by Crippen LogP contribution is -2.28. The van der Waals surface area contributed by atoms with Crippen LogP contribution in [-0.4, -0.2) is 32.5 Å². The van der Waals surface area contributed by atoms with E-state index in [1.54, 1.807) is 0 Å². The van der Waals surface area contributed by atoms with Crippen LogP contribution in [-0.2, 0) is 4.74 Å². The van der Waals surface area contributed by atoms with E-state index in [1.165, 1.54) is 0 Å². The standard InChI is InChI=1S/C13H18N2O3/c14-10-7-12-13(18-6-5-17-12)8-11(10)15-9-1-3-16-4-2-9/h7-9,15H,1-6,14H2. The predicted octanol–water partition coefficient (Wildman–Crippen LogP) is 1.63. The molecule has 0 saturated carbocycles. The van der Waals surface area contributed by atoms with E-state index in [9.17, 15) is 0 Å². The number of nitrogens with one attached hydrogen (secondary N) is 1. The molecule has 98 valence electrons. The molecule has 5 nitrogen and oxygen atoms in total. The number of ether oxygens (including phenoxy) is 3. The van der Waals surface area contributed by atoms with E-state index < -0.39 is 0 Å². The van der Waals surface area contributed by atoms with E-state index in [2.05, 4.69) is 5.32 Å². The summed E-state index contributed by atoms with van der Waals surface area (Å²) in [5, 5.41) is 3.46. The van der Waals surface area contributed by atoms with Crippen LogP contribution >= 0.6 is 0 Å². The van der Waals surface area contributed by atoms with Gasteiger partial charge in [0.1, 0.15) is 13.2 Å². The lowest BCUT2D eigenvalue weighted by Gasteiger charge is -2.26. The topological polar surface area (TPSA) is 65.7 Å². The highest BCUT2D eigenvalue weighted by molar-refractivity contribution is 5.72. The fourth-order valence-electron chi connectivity index (χ4n) is 2.29. The quantitative estimate of drug-likeness (QED) is 0.781. The van der Waals surface area contributed by atoms with E-state index >= 15 is 0 Å². The molecule has 0 bridgehead atoms. The molecule has 0 unspecified atom stereocenters. The van der Waals surface area contributed by atoms with Gasteiger partial charge in [-0.05, 0) is 12.8 Å². The van der Waals surface area contributed by atoms with Gasteiger partial charge in [0.25, 0.3) is 0 Å². The molecule has 2 aliphatic rings. The van der Waals surface area contributed by atoms with Crippen molar-refractivity contribution < 1.29 is 14.2 Å². The van der Waals surface area contributed by atoms with Gasteiger partial charge in [-0.15, -0.1) is 0 Å². The summed E-state index contributed by atoms with van der Waals surface area (Å²) in [7, 11) is 0. The fourth-order valence-corrected chi connectivity index (χ4v) is 2.29. The van der Waals surface area contributed by atoms with Crippen molar-refractivity contribution in [2.45, 2.75) is 18.9 Å². The first-order chi connectivity index (χ1) is 8.83. The Labute approximate surface area is 106 Å². The molecule has 0 amide bonds. The Morgan fingerprint density at radius 3 is 2.39 bits per heavy atom. The van der Waals surface area contributed by atoms with Crippen LogP contribution < -0.4 is 20.5 Å². The molecule has 5 heteroatoms. The van der Waals surface area contributed by atoms with Crippen LogP contribution in [0.4, 0.5) is 11.4 Å². The van der Waals surface area contributed by atoms with Gasteiger partial charge in [0.05, 0.1) is 11.4 Å². The zero-order valence-corrected chi connectivity index (χ0v) is 10.3. The van der Waals surface area contributed by atoms with Crippen LogP contribution in [0.25, 0.3) is 0 Å². The van der Waals surface area contributed by atoms with Crippen LogP contribution in [0.3, 0.4) is 0 Å². The molecule has 1 fully saturated rings. The van der Waals surface area contributed by atoms with Gasteiger partial charge in [-0.2, -0.15) is 0 Å². The summed E-state index contributed by atoms with van der Waals surface area (Å²) in [6.45, 7) is 2.79. The van der Waals surface area contributed by atoms with Crippen molar-refractivity contribution in [3.63, 3.8) is 0 Å². The van der Waals surface area contributed by atoms with Gasteiger partial charge in [-0.3, -0.25) is 0 Å². The van der Waals surface area contributed by atoms with E-state index in [-0.39, 0.29) is 0 Å². The van der Waals surface area contributed by atoms with Gasteiger partial charge in [0.15, 0.2) is 11.5 Å². The smallest absolute Gasteiger partial charge is 0.163 e. The Morgan fingerprint density at radius 1 is 1.00 bits per heavy atom. The highest BCUT2D eigenvalue weighted by Gasteiger charge is 2.18. The summed E-state index contributed by atoms with van der Waals surface area (Å²) in [5.41, 5.74) is 7.65. The molecule has 1 aromatic carbocycles. The molecule has 0 atom stereocenters. The third-order valence-electron chi connectivity index (χ3n) is 3.30. The SMILES string of the molecule is Nc1cc2c(cc1NC1CCOCC1)OCCO2. The molecular formula is C13H18N2O3. The minimum absolute atomic E-state index is 0.420. The van der Waals surface area contributed by atoms with E-state index in [0.29, 0.717) is 24.9 Å². The number of nitrogen functional groups attached to an aromatic ring is 1. The van der Waals surface area contributed by atoms with Gasteiger partial charge >= 0.3 is 0 Å². The van der Waals surface area contributed by atoms with E-state index in [0.717, 1.165) is 43.2 Å². The number of rotatable bonds is 2. The molecule has 1 aromatic rings. The summed E-state index contributed by atoms with van der Waals surface area (Å²) in [4.78, 5) is 0. The maximum absolute atomic E-state index is 6.03. The average molecular weight is 250 g/mol. The number of hydrogen-bond donors (Lipinski definition) is 2. The summed E-state index contributed by atoms with van der Waals surface area (Å²) >= 11 is 0. The zero-order valence-electron chi connectivity index (χ0n) is 10.3. The molecule has 1 saturated heterocycles. The molecule has 0 aliphatic carbocycles. The molecule has 18 heavy (non-hydrogen) atoms. The summed E-state index contributed by atoms with van der Waals surface area (Å²) in [6, 6.07) is 4.18. The van der Waals surface area contributed by atoms with Crippen molar-refractivity contribution in [1.29, 1.82) is 0 Å². The molecule has 3 rings (SSSR count). The molecular weight excluding hydrogens is 232 g/mol. The molecule has 0 aromatic heterocycles. The normalized spacial score (nSPS) is 19.6. The lowest BCUT2D eigenvalue weighted by atomic mass is 10.1. The molecule has 3 N–H and O–H groups in total. The minimum Gasteiger partial charge on any atom is -0.486 e. The molecule has 2 aliphatic heterocycles. The number of nitrogens with two attached hydrogens (primary N) is 1. The first-order valence-electron chi connectivity index (χ1n) is 6.36. The van der Waals surface area contributed by atoms with E-state index in [1.807, 2.05) is 12.1 Å². The summed E-state index contributed by atoms with van der Waals surface area (Å²) < 4.78 is 16.4. The molecule has 2 heterocycles. The second kappa shape index (κ2) is 4.94. The second-order valence-electron chi connectivity index (χ2n) is 4.61. The zero-order chi connectivity index (χ0) is 12.4. The maximum Gasteiger partial charge on any atom is 0.163 e. The Bertz CT molecular complexity index is 430. The lowest BCUT2D eigenvalue weighted by molar-refractivity contribution is 0.0904. The molecule has 0 spiro atoms. The maximum atomic E-state index is 6.03. The average Bonchev–Trinajstić information content (AvgIpc) is 2.41. The number of benzene rings is 1. The second-order valence-corrected chi connectivity index (χ2v) is 4.61. The van der Waals surface area contributed by atoms with Crippen LogP contribution in [0.5, 0.6) is 11.5 Å². The minimum atomic E-state index is 0.420. The first kappa shape index (κ1) is 11.5. The third kappa shape index (κ3) is 2.31. The number of anilines is 2. The Kier molecular flexibility index (Phi) is 3.15. The van der Waals surface area contributed by atoms with Crippen LogP contribution in [0.1, 0.15) is 12.8 Å². The van der Waals surface area contributed by atoms with Gasteiger partial charge in [-0.25, -0.2) is 0 Å². The highest BCUT2D eigenvalue weighted by atomic mass is 16.6. The predicted molar refractivity (Wildman–Crippen MR) is 69.3 cm³/mol. The Hall–Kier alpha value is -1.62. The van der Waals surface area contributed by atoms with E-state index in [4.69, 9.17) is 19.9 Å². The van der Waals surface area contributed by atoms with Crippen LogP contribution in [0.2, 0.25) is 0 Å². The third-order valence-corrected chi connectivity index (χ3v) is 3.30. The van der Waals surface area contributed by atoms with Gasteiger partial charge in [-0.1, -0.05) is 0 Å². The largest absolute Gasteiger partial charge is 0.486 e.